The molecule has 0 aromatic carbocycles. The predicted molar refractivity (Wildman–Crippen MR) is 110 cm³/mol. The van der Waals surface area contributed by atoms with E-state index in [1.54, 1.807) is 0 Å². The SMILES string of the molecule is CCCCCCCCCCCCCCCC[N+](C)(C)CCOCCO. The molecule has 0 aromatic rings. The van der Waals surface area contributed by atoms with E-state index in [0.717, 1.165) is 17.6 Å². The quantitative estimate of drug-likeness (QED) is 0.228. The molecule has 0 aliphatic carbocycles. The second kappa shape index (κ2) is 18.7. The number of nitrogens with zero attached hydrogens (tertiary/aromatic N) is 1. The molecule has 0 amide bonds. The van der Waals surface area contributed by atoms with E-state index < -0.39 is 0 Å². The maximum absolute atomic E-state index is 8.71. The number of ether oxygens (including phenoxy) is 1. The first kappa shape index (κ1) is 24.9. The Morgan fingerprint density at radius 1 is 0.600 bits per heavy atom. The molecule has 0 saturated heterocycles. The molecule has 0 saturated carbocycles. The van der Waals surface area contributed by atoms with Crippen LogP contribution in [0.5, 0.6) is 0 Å². The van der Waals surface area contributed by atoms with Gasteiger partial charge in [-0.05, 0) is 12.8 Å². The zero-order chi connectivity index (χ0) is 18.6. The van der Waals surface area contributed by atoms with Crippen LogP contribution in [0.4, 0.5) is 0 Å². The molecule has 0 aliphatic heterocycles. The maximum Gasteiger partial charge on any atom is 0.102 e. The van der Waals surface area contributed by atoms with Gasteiger partial charge in [0.2, 0.25) is 0 Å². The van der Waals surface area contributed by atoms with Crippen LogP contribution in [-0.2, 0) is 4.74 Å². The van der Waals surface area contributed by atoms with Crippen molar-refractivity contribution in [3.8, 4) is 0 Å². The normalized spacial score (nSPS) is 12.0. The van der Waals surface area contributed by atoms with Gasteiger partial charge in [-0.3, -0.25) is 0 Å². The summed E-state index contributed by atoms with van der Waals surface area (Å²) < 4.78 is 6.41. The molecule has 0 rings (SSSR count). The fraction of sp³-hybridized carbons (Fsp3) is 1.00. The van der Waals surface area contributed by atoms with E-state index in [1.165, 1.54) is 96.4 Å². The summed E-state index contributed by atoms with van der Waals surface area (Å²) in [5.74, 6) is 0. The van der Waals surface area contributed by atoms with E-state index in [2.05, 4.69) is 21.0 Å². The maximum atomic E-state index is 8.71. The van der Waals surface area contributed by atoms with E-state index in [4.69, 9.17) is 9.84 Å². The summed E-state index contributed by atoms with van der Waals surface area (Å²) in [6.07, 6.45) is 19.9. The number of unbranched alkanes of at least 4 members (excludes halogenated alkanes) is 13. The van der Waals surface area contributed by atoms with Crippen molar-refractivity contribution < 1.29 is 14.3 Å². The average molecular weight is 359 g/mol. The van der Waals surface area contributed by atoms with Crippen LogP contribution in [0.1, 0.15) is 96.8 Å². The molecular formula is C22H48NO2+. The van der Waals surface area contributed by atoms with Gasteiger partial charge in [0.1, 0.15) is 6.54 Å². The van der Waals surface area contributed by atoms with E-state index >= 15 is 0 Å². The van der Waals surface area contributed by atoms with Gasteiger partial charge in [-0.1, -0.05) is 84.0 Å². The summed E-state index contributed by atoms with van der Waals surface area (Å²) in [6.45, 7) is 5.92. The molecule has 0 aliphatic rings. The third-order valence-corrected chi connectivity index (χ3v) is 5.19. The minimum atomic E-state index is 0.131. The topological polar surface area (TPSA) is 29.5 Å². The Hall–Kier alpha value is -0.120. The van der Waals surface area contributed by atoms with Crippen molar-refractivity contribution in [1.82, 2.24) is 0 Å². The number of quaternary nitrogens is 1. The van der Waals surface area contributed by atoms with Crippen molar-refractivity contribution in [1.29, 1.82) is 0 Å². The van der Waals surface area contributed by atoms with Gasteiger partial charge in [-0.2, -0.15) is 0 Å². The summed E-state index contributed by atoms with van der Waals surface area (Å²) in [5.41, 5.74) is 0. The zero-order valence-corrected chi connectivity index (χ0v) is 17.7. The fourth-order valence-electron chi connectivity index (χ4n) is 3.32. The first-order chi connectivity index (χ1) is 12.1. The van der Waals surface area contributed by atoms with Crippen LogP contribution in [0.25, 0.3) is 0 Å². The Bertz CT molecular complexity index is 256. The van der Waals surface area contributed by atoms with E-state index in [0.29, 0.717) is 6.61 Å². The highest BCUT2D eigenvalue weighted by molar-refractivity contribution is 4.49. The molecule has 0 radical (unpaired) electrons. The summed E-state index contributed by atoms with van der Waals surface area (Å²) in [4.78, 5) is 0. The third kappa shape index (κ3) is 20.0. The highest BCUT2D eigenvalue weighted by atomic mass is 16.5. The number of aliphatic hydroxyl groups excluding tert-OH is 1. The monoisotopic (exact) mass is 358 g/mol. The molecule has 3 heteroatoms. The number of rotatable bonds is 20. The predicted octanol–water partition coefficient (Wildman–Crippen LogP) is 5.55. The molecule has 0 fully saturated rings. The largest absolute Gasteiger partial charge is 0.394 e. The fourth-order valence-corrected chi connectivity index (χ4v) is 3.32. The van der Waals surface area contributed by atoms with E-state index in [1.807, 2.05) is 0 Å². The molecule has 0 aromatic heterocycles. The molecule has 0 atom stereocenters. The van der Waals surface area contributed by atoms with Gasteiger partial charge >= 0.3 is 0 Å². The Labute approximate surface area is 158 Å². The van der Waals surface area contributed by atoms with Gasteiger partial charge in [0.15, 0.2) is 0 Å². The smallest absolute Gasteiger partial charge is 0.102 e. The standard InChI is InChI=1S/C22H48NO2/c1-4-5-6-7-8-9-10-11-12-13-14-15-16-17-18-23(2,3)19-21-25-22-20-24/h24H,4-22H2,1-3H3/q+1. The van der Waals surface area contributed by atoms with Gasteiger partial charge in [0, 0.05) is 0 Å². The number of hydrogen-bond acceptors (Lipinski definition) is 2. The number of aliphatic hydroxyl groups is 1. The van der Waals surface area contributed by atoms with Crippen molar-refractivity contribution >= 4 is 0 Å². The van der Waals surface area contributed by atoms with Gasteiger partial charge in [0.25, 0.3) is 0 Å². The molecule has 0 heterocycles. The van der Waals surface area contributed by atoms with Gasteiger partial charge in [0.05, 0.1) is 40.5 Å². The van der Waals surface area contributed by atoms with E-state index in [9.17, 15) is 0 Å². The Morgan fingerprint density at radius 3 is 1.48 bits per heavy atom. The minimum Gasteiger partial charge on any atom is -0.394 e. The van der Waals surface area contributed by atoms with Gasteiger partial charge in [-0.15, -0.1) is 0 Å². The van der Waals surface area contributed by atoms with Crippen molar-refractivity contribution in [2.75, 3.05) is 47.0 Å². The van der Waals surface area contributed by atoms with Crippen LogP contribution in [0.15, 0.2) is 0 Å². The lowest BCUT2D eigenvalue weighted by atomic mass is 10.0. The van der Waals surface area contributed by atoms with Gasteiger partial charge < -0.3 is 14.3 Å². The Morgan fingerprint density at radius 2 is 1.04 bits per heavy atom. The van der Waals surface area contributed by atoms with Crippen LogP contribution in [0.3, 0.4) is 0 Å². The third-order valence-electron chi connectivity index (χ3n) is 5.19. The van der Waals surface area contributed by atoms with Crippen molar-refractivity contribution in [2.45, 2.75) is 96.8 Å². The van der Waals surface area contributed by atoms with Crippen molar-refractivity contribution in [3.63, 3.8) is 0 Å². The highest BCUT2D eigenvalue weighted by Crippen LogP contribution is 2.13. The molecule has 0 bridgehead atoms. The van der Waals surface area contributed by atoms with Crippen LogP contribution in [0, 0.1) is 0 Å². The lowest BCUT2D eigenvalue weighted by Gasteiger charge is -2.29. The summed E-state index contributed by atoms with van der Waals surface area (Å²) in [6, 6.07) is 0. The average Bonchev–Trinajstić information content (AvgIpc) is 2.59. The Balaban J connectivity index is 3.22. The molecule has 1 N–H and O–H groups in total. The summed E-state index contributed by atoms with van der Waals surface area (Å²) in [5, 5.41) is 8.71. The molecule has 25 heavy (non-hydrogen) atoms. The van der Waals surface area contributed by atoms with Crippen molar-refractivity contribution in [2.24, 2.45) is 0 Å². The first-order valence-electron chi connectivity index (χ1n) is 11.1. The second-order valence-corrected chi connectivity index (χ2v) is 8.32. The highest BCUT2D eigenvalue weighted by Gasteiger charge is 2.13. The molecule has 152 valence electrons. The van der Waals surface area contributed by atoms with Crippen LogP contribution in [-0.4, -0.2) is 56.6 Å². The van der Waals surface area contributed by atoms with Crippen LogP contribution < -0.4 is 0 Å². The summed E-state index contributed by atoms with van der Waals surface area (Å²) in [7, 11) is 4.56. The molecule has 3 nitrogen and oxygen atoms in total. The second-order valence-electron chi connectivity index (χ2n) is 8.32. The molecule has 0 spiro atoms. The number of hydrogen-bond donors (Lipinski definition) is 1. The molecular weight excluding hydrogens is 310 g/mol. The van der Waals surface area contributed by atoms with Gasteiger partial charge in [-0.25, -0.2) is 0 Å². The Kier molecular flexibility index (Phi) is 18.6. The van der Waals surface area contributed by atoms with Crippen LogP contribution in [0.2, 0.25) is 0 Å². The lowest BCUT2D eigenvalue weighted by molar-refractivity contribution is -0.891. The van der Waals surface area contributed by atoms with Crippen molar-refractivity contribution in [3.05, 3.63) is 0 Å². The zero-order valence-electron chi connectivity index (χ0n) is 17.7. The van der Waals surface area contributed by atoms with Crippen LogP contribution >= 0.6 is 0 Å². The lowest BCUT2D eigenvalue weighted by Crippen LogP contribution is -2.43. The first-order valence-corrected chi connectivity index (χ1v) is 11.1. The summed E-state index contributed by atoms with van der Waals surface area (Å²) >= 11 is 0. The number of likely N-dealkylation sites (N-methyl/N-ethyl adjacent to an activating group) is 1. The van der Waals surface area contributed by atoms with E-state index in [-0.39, 0.29) is 6.61 Å². The molecule has 0 unspecified atom stereocenters. The minimum absolute atomic E-state index is 0.131.